The maximum absolute atomic E-state index is 12.7. The van der Waals surface area contributed by atoms with Gasteiger partial charge < -0.3 is 15.0 Å². The van der Waals surface area contributed by atoms with Gasteiger partial charge in [-0.2, -0.15) is 0 Å². The van der Waals surface area contributed by atoms with Gasteiger partial charge in [-0.05, 0) is 55.6 Å². The quantitative estimate of drug-likeness (QED) is 0.495. The highest BCUT2D eigenvalue weighted by molar-refractivity contribution is 6.04. The molecule has 39 heavy (non-hydrogen) atoms. The molecule has 4 heterocycles. The Hall–Kier alpha value is -3.89. The number of nitrogens with zero attached hydrogens (tertiary/aromatic N) is 6. The molecule has 204 valence electrons. The molecule has 0 bridgehead atoms. The van der Waals surface area contributed by atoms with E-state index in [1.54, 1.807) is 35.6 Å². The number of carbonyl (C=O) groups is 2. The number of aromatic nitrogens is 3. The van der Waals surface area contributed by atoms with Gasteiger partial charge in [-0.1, -0.05) is 19.1 Å². The van der Waals surface area contributed by atoms with Gasteiger partial charge in [0.05, 0.1) is 17.6 Å². The Balaban J connectivity index is 1.06. The van der Waals surface area contributed by atoms with Gasteiger partial charge in [0.1, 0.15) is 0 Å². The first-order chi connectivity index (χ1) is 19.0. The van der Waals surface area contributed by atoms with Crippen molar-refractivity contribution in [1.29, 1.82) is 0 Å². The molecule has 2 saturated heterocycles. The number of nitrogens with one attached hydrogen (secondary N) is 1. The Kier molecular flexibility index (Phi) is 8.75. The van der Waals surface area contributed by atoms with Crippen LogP contribution in [-0.2, 0) is 13.1 Å². The zero-order valence-electron chi connectivity index (χ0n) is 22.3. The lowest BCUT2D eigenvalue weighted by atomic mass is 9.99. The van der Waals surface area contributed by atoms with Crippen molar-refractivity contribution in [2.75, 3.05) is 44.6 Å². The van der Waals surface area contributed by atoms with Crippen molar-refractivity contribution in [3.8, 4) is 5.88 Å². The lowest BCUT2D eigenvalue weighted by molar-refractivity contribution is 0.102. The van der Waals surface area contributed by atoms with E-state index < -0.39 is 6.09 Å². The van der Waals surface area contributed by atoms with Crippen molar-refractivity contribution in [1.82, 2.24) is 29.7 Å². The summed E-state index contributed by atoms with van der Waals surface area (Å²) in [5, 5.41) is 2.85. The minimum atomic E-state index is -0.433. The number of amides is 2. The van der Waals surface area contributed by atoms with E-state index in [2.05, 4.69) is 37.0 Å². The summed E-state index contributed by atoms with van der Waals surface area (Å²) in [7, 11) is 0. The highest BCUT2D eigenvalue weighted by atomic mass is 16.6. The summed E-state index contributed by atoms with van der Waals surface area (Å²) in [5.41, 5.74) is 3.23. The van der Waals surface area contributed by atoms with Crippen LogP contribution in [0.3, 0.4) is 0 Å². The second-order valence-corrected chi connectivity index (χ2v) is 10.3. The van der Waals surface area contributed by atoms with E-state index in [-0.39, 0.29) is 11.8 Å². The van der Waals surface area contributed by atoms with Gasteiger partial charge in [0.25, 0.3) is 5.91 Å². The maximum atomic E-state index is 12.7. The maximum Gasteiger partial charge on any atom is 0.416 e. The molecule has 10 nitrogen and oxygen atoms in total. The molecule has 0 saturated carbocycles. The van der Waals surface area contributed by atoms with Crippen LogP contribution in [0.25, 0.3) is 0 Å². The van der Waals surface area contributed by atoms with E-state index in [1.807, 2.05) is 24.3 Å². The molecule has 0 unspecified atom stereocenters. The summed E-state index contributed by atoms with van der Waals surface area (Å²) in [6.07, 6.45) is 8.64. The summed E-state index contributed by atoms with van der Waals surface area (Å²) in [5.74, 6) is 0.793. The van der Waals surface area contributed by atoms with Crippen LogP contribution in [0.15, 0.2) is 61.2 Å². The van der Waals surface area contributed by atoms with Crippen LogP contribution in [-0.4, -0.2) is 80.9 Å². The van der Waals surface area contributed by atoms with E-state index in [0.717, 1.165) is 44.3 Å². The van der Waals surface area contributed by atoms with Crippen molar-refractivity contribution in [3.63, 3.8) is 0 Å². The third-order valence-electron chi connectivity index (χ3n) is 7.32. The van der Waals surface area contributed by atoms with Crippen LogP contribution in [0.2, 0.25) is 0 Å². The van der Waals surface area contributed by atoms with E-state index in [4.69, 9.17) is 4.74 Å². The average Bonchev–Trinajstić information content (AvgIpc) is 2.96. The second-order valence-electron chi connectivity index (χ2n) is 10.3. The molecule has 1 aromatic carbocycles. The van der Waals surface area contributed by atoms with Crippen LogP contribution in [0.5, 0.6) is 5.88 Å². The first-order valence-corrected chi connectivity index (χ1v) is 13.5. The first-order valence-electron chi connectivity index (χ1n) is 13.5. The largest absolute Gasteiger partial charge is 0.416 e. The minimum Gasteiger partial charge on any atom is -0.391 e. The van der Waals surface area contributed by atoms with E-state index >= 15 is 0 Å². The van der Waals surface area contributed by atoms with Gasteiger partial charge in [-0.3, -0.25) is 24.6 Å². The first kappa shape index (κ1) is 26.7. The van der Waals surface area contributed by atoms with Gasteiger partial charge in [0, 0.05) is 69.5 Å². The smallest absolute Gasteiger partial charge is 0.391 e. The van der Waals surface area contributed by atoms with Crippen molar-refractivity contribution in [2.24, 2.45) is 5.92 Å². The molecule has 2 aromatic heterocycles. The third kappa shape index (κ3) is 7.58. The van der Waals surface area contributed by atoms with Gasteiger partial charge in [0.15, 0.2) is 0 Å². The summed E-state index contributed by atoms with van der Waals surface area (Å²) in [6, 6.07) is 11.0. The fourth-order valence-corrected chi connectivity index (χ4v) is 4.84. The van der Waals surface area contributed by atoms with E-state index in [0.29, 0.717) is 30.9 Å². The Morgan fingerprint density at radius 2 is 1.62 bits per heavy atom. The van der Waals surface area contributed by atoms with Crippen molar-refractivity contribution in [3.05, 3.63) is 78.0 Å². The molecule has 3 aromatic rings. The van der Waals surface area contributed by atoms with Gasteiger partial charge in [0.2, 0.25) is 5.88 Å². The molecule has 2 fully saturated rings. The summed E-state index contributed by atoms with van der Waals surface area (Å²) in [4.78, 5) is 44.3. The Labute approximate surface area is 229 Å². The molecule has 1 N–H and O–H groups in total. The van der Waals surface area contributed by atoms with Gasteiger partial charge >= 0.3 is 6.09 Å². The highest BCUT2D eigenvalue weighted by Crippen LogP contribution is 2.19. The molecular weight excluding hydrogens is 494 g/mol. The number of rotatable bonds is 7. The zero-order valence-corrected chi connectivity index (χ0v) is 22.3. The second kappa shape index (κ2) is 12.8. The number of hydrogen-bond donors (Lipinski definition) is 1. The molecule has 2 aliphatic heterocycles. The lowest BCUT2D eigenvalue weighted by Gasteiger charge is -2.33. The highest BCUT2D eigenvalue weighted by Gasteiger charge is 2.23. The Morgan fingerprint density at radius 1 is 0.872 bits per heavy atom. The van der Waals surface area contributed by atoms with Gasteiger partial charge in [-0.25, -0.2) is 9.78 Å². The number of pyridine rings is 1. The van der Waals surface area contributed by atoms with E-state index in [9.17, 15) is 9.59 Å². The SMILES string of the molecule is CC1CCN(Cc2ccc(C(=O)Nc3ccc(OC(=O)N4CCN(Cc5cnccn5)CC4)nc3)cc2)CC1. The van der Waals surface area contributed by atoms with Crippen molar-refractivity contribution >= 4 is 17.7 Å². The van der Waals surface area contributed by atoms with Crippen LogP contribution in [0.1, 0.15) is 41.4 Å². The Bertz CT molecular complexity index is 1220. The summed E-state index contributed by atoms with van der Waals surface area (Å²) >= 11 is 0. The summed E-state index contributed by atoms with van der Waals surface area (Å²) < 4.78 is 5.45. The molecule has 0 spiro atoms. The number of likely N-dealkylation sites (tertiary alicyclic amines) is 1. The van der Waals surface area contributed by atoms with Gasteiger partial charge in [-0.15, -0.1) is 0 Å². The summed E-state index contributed by atoms with van der Waals surface area (Å²) in [6.45, 7) is 8.75. The number of carbonyl (C=O) groups excluding carboxylic acids is 2. The monoisotopic (exact) mass is 529 g/mol. The number of piperazine rings is 1. The Morgan fingerprint density at radius 3 is 2.28 bits per heavy atom. The number of ether oxygens (including phenoxy) is 1. The molecule has 10 heteroatoms. The average molecular weight is 530 g/mol. The minimum absolute atomic E-state index is 0.191. The normalized spacial score (nSPS) is 17.1. The molecule has 0 aliphatic carbocycles. The topological polar surface area (TPSA) is 104 Å². The zero-order chi connectivity index (χ0) is 27.0. The molecule has 0 radical (unpaired) electrons. The van der Waals surface area contributed by atoms with Crippen LogP contribution in [0.4, 0.5) is 10.5 Å². The van der Waals surface area contributed by atoms with Crippen LogP contribution < -0.4 is 10.1 Å². The number of piperidine rings is 1. The van der Waals surface area contributed by atoms with Crippen molar-refractivity contribution < 1.29 is 14.3 Å². The van der Waals surface area contributed by atoms with Crippen LogP contribution in [0, 0.1) is 5.92 Å². The standard InChI is InChI=1S/C29H35N7O3/c1-22-8-12-34(13-9-22)20-23-2-4-24(5-3-23)28(37)33-25-6-7-27(32-19-25)39-29(38)36-16-14-35(15-17-36)21-26-18-30-10-11-31-26/h2-7,10-11,18-19,22H,8-9,12-17,20-21H2,1H3,(H,33,37). The fraction of sp³-hybridized carbons (Fsp3) is 0.414. The molecule has 2 aliphatic rings. The molecule has 2 amide bonds. The fourth-order valence-electron chi connectivity index (χ4n) is 4.84. The molecule has 5 rings (SSSR count). The molecule has 0 atom stereocenters. The van der Waals surface area contributed by atoms with Crippen LogP contribution >= 0.6 is 0 Å². The predicted molar refractivity (Wildman–Crippen MR) is 147 cm³/mol. The lowest BCUT2D eigenvalue weighted by Crippen LogP contribution is -2.49. The number of anilines is 1. The molecular formula is C29H35N7O3. The third-order valence-corrected chi connectivity index (χ3v) is 7.32. The number of hydrogen-bond acceptors (Lipinski definition) is 8. The van der Waals surface area contributed by atoms with Crippen molar-refractivity contribution in [2.45, 2.75) is 32.9 Å². The van der Waals surface area contributed by atoms with E-state index in [1.165, 1.54) is 24.6 Å². The predicted octanol–water partition coefficient (Wildman–Crippen LogP) is 3.67. The number of benzene rings is 1.